The summed E-state index contributed by atoms with van der Waals surface area (Å²) < 4.78 is 90.3. The fraction of sp³-hybridized carbons (Fsp3) is 0.129. The van der Waals surface area contributed by atoms with E-state index in [2.05, 4.69) is 0 Å². The first-order valence-corrected chi connectivity index (χ1v) is 12.9. The Hall–Kier alpha value is -5.33. The van der Waals surface area contributed by atoms with E-state index in [9.17, 15) is 24.6 Å². The average molecular weight is 612 g/mol. The number of imide groups is 1. The molecule has 2 aliphatic rings. The van der Waals surface area contributed by atoms with Crippen molar-refractivity contribution in [3.63, 3.8) is 0 Å². The van der Waals surface area contributed by atoms with E-state index in [0.29, 0.717) is 46.9 Å². The van der Waals surface area contributed by atoms with E-state index in [4.69, 9.17) is 0 Å². The van der Waals surface area contributed by atoms with Crippen molar-refractivity contribution < 1.29 is 50.9 Å². The summed E-state index contributed by atoms with van der Waals surface area (Å²) in [6.45, 7) is -0.222. The molecule has 0 bridgehead atoms. The monoisotopic (exact) mass is 612 g/mol. The third-order valence-corrected chi connectivity index (χ3v) is 7.81. The van der Waals surface area contributed by atoms with Crippen LogP contribution in [0.3, 0.4) is 0 Å². The first-order valence-electron chi connectivity index (χ1n) is 12.9. The number of phenols is 2. The minimum absolute atomic E-state index is 0.153. The number of hydrogen-bond donors (Lipinski definition) is 2. The molecule has 0 radical (unpaired) electrons. The molecule has 3 amide bonds. The Kier molecular flexibility index (Phi) is 6.27. The fourth-order valence-electron chi connectivity index (χ4n) is 5.75. The third-order valence-electron chi connectivity index (χ3n) is 7.81. The van der Waals surface area contributed by atoms with Crippen molar-refractivity contribution in [3.05, 3.63) is 118 Å². The van der Waals surface area contributed by atoms with Crippen LogP contribution in [0.1, 0.15) is 47.8 Å². The lowest BCUT2D eigenvalue weighted by Crippen LogP contribution is -2.55. The molecule has 44 heavy (non-hydrogen) atoms. The van der Waals surface area contributed by atoms with Gasteiger partial charge in [0.1, 0.15) is 11.5 Å². The normalized spacial score (nSPS) is 15.2. The second-order valence-corrected chi connectivity index (χ2v) is 10.2. The van der Waals surface area contributed by atoms with Gasteiger partial charge >= 0.3 is 12.4 Å². The topological polar surface area (TPSA) is 98.2 Å². The number of amides is 3. The molecule has 0 saturated carbocycles. The summed E-state index contributed by atoms with van der Waals surface area (Å²) in [6.07, 6.45) is -12.2. The van der Waals surface area contributed by atoms with Crippen LogP contribution in [0, 0.1) is 0 Å². The van der Waals surface area contributed by atoms with E-state index in [1.54, 1.807) is 12.1 Å². The van der Waals surface area contributed by atoms with E-state index < -0.39 is 69.5 Å². The minimum atomic E-state index is -6.10. The Morgan fingerprint density at radius 2 is 1.02 bits per heavy atom. The van der Waals surface area contributed by atoms with Gasteiger partial charge in [-0.25, -0.2) is 4.90 Å². The number of halogens is 6. The standard InChI is InChI=1S/C31H18F6N2O5/c32-30(33,34)29(31(35,36)37,17-9-11-24(40)22(13-17)38-15-16-5-1-2-6-19(16)26(38)42)18-10-12-25(41)23(14-18)39-27(43)20-7-3-4-8-21(20)28(39)44/h1-14,40-41H,15H2. The molecule has 0 saturated heterocycles. The molecule has 4 aromatic carbocycles. The number of alkyl halides is 6. The van der Waals surface area contributed by atoms with Crippen LogP contribution >= 0.6 is 0 Å². The quantitative estimate of drug-likeness (QED) is 0.204. The predicted octanol–water partition coefficient (Wildman–Crippen LogP) is 6.47. The Morgan fingerprint density at radius 3 is 1.52 bits per heavy atom. The number of aromatic hydroxyl groups is 2. The molecule has 0 unspecified atom stereocenters. The van der Waals surface area contributed by atoms with E-state index in [1.165, 1.54) is 36.4 Å². The van der Waals surface area contributed by atoms with Crippen LogP contribution in [0.4, 0.5) is 37.7 Å². The number of hydrogen-bond acceptors (Lipinski definition) is 5. The van der Waals surface area contributed by atoms with Crippen LogP contribution in [0.25, 0.3) is 0 Å². The van der Waals surface area contributed by atoms with Crippen LogP contribution < -0.4 is 9.80 Å². The molecular formula is C31H18F6N2O5. The number of carbonyl (C=O) groups excluding carboxylic acids is 3. The summed E-state index contributed by atoms with van der Waals surface area (Å²) in [5, 5.41) is 21.0. The Bertz CT molecular complexity index is 1840. The van der Waals surface area contributed by atoms with Crippen molar-refractivity contribution in [1.29, 1.82) is 0 Å². The lowest BCUT2D eigenvalue weighted by molar-refractivity contribution is -0.288. The largest absolute Gasteiger partial charge is 0.506 e. The van der Waals surface area contributed by atoms with Crippen LogP contribution in [-0.2, 0) is 12.0 Å². The highest BCUT2D eigenvalue weighted by Crippen LogP contribution is 2.58. The average Bonchev–Trinajstić information content (AvgIpc) is 3.42. The zero-order valence-electron chi connectivity index (χ0n) is 22.1. The van der Waals surface area contributed by atoms with E-state index in [-0.39, 0.29) is 23.2 Å². The molecule has 0 fully saturated rings. The number of rotatable bonds is 4. The van der Waals surface area contributed by atoms with Crippen molar-refractivity contribution in [2.24, 2.45) is 0 Å². The number of fused-ring (bicyclic) bond motifs is 2. The molecule has 0 aliphatic carbocycles. The summed E-state index contributed by atoms with van der Waals surface area (Å²) in [6, 6.07) is 14.2. The fourth-order valence-corrected chi connectivity index (χ4v) is 5.75. The van der Waals surface area contributed by atoms with Gasteiger partial charge in [-0.05, 0) is 59.2 Å². The zero-order valence-corrected chi connectivity index (χ0v) is 22.1. The molecule has 2 aliphatic heterocycles. The molecule has 13 heteroatoms. The molecule has 2 heterocycles. The molecule has 0 aromatic heterocycles. The van der Waals surface area contributed by atoms with Gasteiger partial charge in [-0.3, -0.25) is 14.4 Å². The first-order chi connectivity index (χ1) is 20.7. The van der Waals surface area contributed by atoms with Gasteiger partial charge in [0, 0.05) is 5.56 Å². The van der Waals surface area contributed by atoms with Gasteiger partial charge in [0.25, 0.3) is 17.7 Å². The first kappa shape index (κ1) is 28.8. The van der Waals surface area contributed by atoms with E-state index >= 15 is 26.3 Å². The van der Waals surface area contributed by atoms with Crippen molar-refractivity contribution in [2.45, 2.75) is 24.3 Å². The minimum Gasteiger partial charge on any atom is -0.506 e. The number of phenolic OH excluding ortho intramolecular Hbond substituents is 2. The molecule has 7 nitrogen and oxygen atoms in total. The van der Waals surface area contributed by atoms with Crippen molar-refractivity contribution in [1.82, 2.24) is 0 Å². The summed E-state index contributed by atoms with van der Waals surface area (Å²) in [4.78, 5) is 40.2. The summed E-state index contributed by atoms with van der Waals surface area (Å²) in [5.41, 5.74) is -8.87. The van der Waals surface area contributed by atoms with E-state index in [1.807, 2.05) is 0 Å². The van der Waals surface area contributed by atoms with Crippen LogP contribution in [0.2, 0.25) is 0 Å². The smallest absolute Gasteiger partial charge is 0.411 e. The zero-order chi connectivity index (χ0) is 31.8. The number of benzene rings is 4. The Balaban J connectivity index is 1.56. The van der Waals surface area contributed by atoms with Crippen molar-refractivity contribution >= 4 is 29.1 Å². The maximum Gasteiger partial charge on any atom is 0.411 e. The molecule has 224 valence electrons. The molecule has 2 N–H and O–H groups in total. The second-order valence-electron chi connectivity index (χ2n) is 10.2. The van der Waals surface area contributed by atoms with Crippen LogP contribution in [0.15, 0.2) is 84.9 Å². The highest BCUT2D eigenvalue weighted by molar-refractivity contribution is 6.34. The van der Waals surface area contributed by atoms with Crippen LogP contribution in [0.5, 0.6) is 11.5 Å². The molecule has 6 rings (SSSR count). The van der Waals surface area contributed by atoms with E-state index in [0.717, 1.165) is 4.90 Å². The Labute approximate surface area is 244 Å². The van der Waals surface area contributed by atoms with Gasteiger partial charge in [-0.2, -0.15) is 26.3 Å². The summed E-state index contributed by atoms with van der Waals surface area (Å²) in [7, 11) is 0. The molecule has 0 spiro atoms. The van der Waals surface area contributed by atoms with Gasteiger partial charge in [0.15, 0.2) is 0 Å². The lowest BCUT2D eigenvalue weighted by Gasteiger charge is -2.39. The number of anilines is 2. The highest BCUT2D eigenvalue weighted by atomic mass is 19.4. The van der Waals surface area contributed by atoms with Crippen LogP contribution in [-0.4, -0.2) is 40.3 Å². The van der Waals surface area contributed by atoms with Gasteiger partial charge in [0.2, 0.25) is 5.41 Å². The maximum absolute atomic E-state index is 15.0. The van der Waals surface area contributed by atoms with Gasteiger partial charge < -0.3 is 15.1 Å². The van der Waals surface area contributed by atoms with Gasteiger partial charge in [-0.15, -0.1) is 0 Å². The van der Waals surface area contributed by atoms with Crippen molar-refractivity contribution in [3.8, 4) is 11.5 Å². The number of carbonyl (C=O) groups is 3. The maximum atomic E-state index is 15.0. The number of nitrogens with zero attached hydrogens (tertiary/aromatic N) is 2. The predicted molar refractivity (Wildman–Crippen MR) is 144 cm³/mol. The van der Waals surface area contributed by atoms with Gasteiger partial charge in [0.05, 0.1) is 29.0 Å². The Morgan fingerprint density at radius 1 is 0.568 bits per heavy atom. The molecule has 4 aromatic rings. The SMILES string of the molecule is O=C1c2ccccc2CN1c1cc(C(c2ccc(O)c(N3C(=O)c4ccccc4C3=O)c2)(C(F)(F)F)C(F)(F)F)ccc1O. The lowest BCUT2D eigenvalue weighted by atomic mass is 9.72. The third kappa shape index (κ3) is 3.95. The summed E-state index contributed by atoms with van der Waals surface area (Å²) >= 11 is 0. The highest BCUT2D eigenvalue weighted by Gasteiger charge is 2.72. The van der Waals surface area contributed by atoms with Gasteiger partial charge in [-0.1, -0.05) is 42.5 Å². The molecule has 0 atom stereocenters. The second kappa shape index (κ2) is 9.59. The molecular weight excluding hydrogens is 594 g/mol. The summed E-state index contributed by atoms with van der Waals surface area (Å²) in [5.74, 6) is -4.52. The van der Waals surface area contributed by atoms with Crippen molar-refractivity contribution in [2.75, 3.05) is 9.80 Å².